The fourth-order valence-corrected chi connectivity index (χ4v) is 10.9. The number of pyridine rings is 1. The summed E-state index contributed by atoms with van der Waals surface area (Å²) in [4.78, 5) is 72.9. The number of ether oxygens (including phenoxy) is 2. The third-order valence-corrected chi connectivity index (χ3v) is 15.0. The van der Waals surface area contributed by atoms with Crippen molar-refractivity contribution in [1.82, 2.24) is 35.2 Å². The van der Waals surface area contributed by atoms with Gasteiger partial charge in [0.05, 0.1) is 16.8 Å². The molecule has 4 amide bonds. The van der Waals surface area contributed by atoms with E-state index in [1.165, 1.54) is 11.3 Å². The Balaban J connectivity index is 1.16. The number of aromatic nitrogens is 3. The molecule has 2 aliphatic heterocycles. The number of alkyl carbamates (subject to hydrolysis) is 1. The molecule has 0 bridgehead atoms. The van der Waals surface area contributed by atoms with E-state index in [-0.39, 0.29) is 18.9 Å². The number of fused-ring (bicyclic) bond motifs is 3. The second-order valence-electron chi connectivity index (χ2n) is 16.6. The van der Waals surface area contributed by atoms with Crippen molar-refractivity contribution in [2.45, 2.75) is 151 Å². The summed E-state index contributed by atoms with van der Waals surface area (Å²) in [5.41, 5.74) is -0.293. The second-order valence-corrected chi connectivity index (χ2v) is 19.5. The number of nitrogens with one attached hydrogen (secondary N) is 3. The molecule has 3 aromatic rings. The molecule has 1 saturated heterocycles. The summed E-state index contributed by atoms with van der Waals surface area (Å²) < 4.78 is 41.6. The van der Waals surface area contributed by atoms with Crippen LogP contribution < -0.4 is 20.1 Å². The summed E-state index contributed by atoms with van der Waals surface area (Å²) in [5.74, 6) is -1.57. The van der Waals surface area contributed by atoms with Crippen LogP contribution in [0.15, 0.2) is 48.0 Å². The summed E-state index contributed by atoms with van der Waals surface area (Å²) in [6.45, 7) is 2.05. The number of nitrogens with zero attached hydrogens (tertiary/aromatic N) is 4. The predicted molar refractivity (Wildman–Crippen MR) is 221 cm³/mol. The minimum absolute atomic E-state index is 0.0551. The maximum absolute atomic E-state index is 15.2. The number of amides is 4. The van der Waals surface area contributed by atoms with Gasteiger partial charge in [0, 0.05) is 18.5 Å². The Morgan fingerprint density at radius 3 is 2.61 bits per heavy atom. The average molecular weight is 848 g/mol. The molecule has 0 aromatic carbocycles. The standard InChI is InChI=1S/C42H53N7O8S2/c1-2-3-18-32-34(57-38-35-29(21-23-58-35)44-36(46-38)30-16-11-12-22-43-30)24-33-37(50)47-42(40(52)48-59(54,55)28-19-20-28)25-26(42)13-7-5-4-6-8-17-31(39(51)49(32)33)45-41(53)56-27-14-9-10-15-27/h7,11-13,16,21-23,26-28,31-34H,2-6,8-10,14-15,17-20,24-25H2,1H3,(H,45,53)(H,47,50)(H,48,52)/b13-7-/t26?,31?,32-,33?,34+,42?/m0/s1. The van der Waals surface area contributed by atoms with Crippen molar-refractivity contribution in [1.29, 1.82) is 0 Å². The lowest BCUT2D eigenvalue weighted by atomic mass is 10.0. The largest absolute Gasteiger partial charge is 0.471 e. The lowest BCUT2D eigenvalue weighted by molar-refractivity contribution is -0.143. The summed E-state index contributed by atoms with van der Waals surface area (Å²) in [7, 11) is -3.91. The molecule has 0 spiro atoms. The van der Waals surface area contributed by atoms with Crippen LogP contribution in [0, 0.1) is 5.92 Å². The number of carbonyl (C=O) groups excluding carboxylic acids is 4. The van der Waals surface area contributed by atoms with Crippen LogP contribution in [-0.2, 0) is 29.1 Å². The Kier molecular flexibility index (Phi) is 12.2. The highest BCUT2D eigenvalue weighted by Crippen LogP contribution is 2.46. The number of rotatable bonds is 11. The molecule has 4 fully saturated rings. The molecule has 59 heavy (non-hydrogen) atoms. The highest BCUT2D eigenvalue weighted by Gasteiger charge is 2.62. The van der Waals surface area contributed by atoms with Crippen LogP contribution >= 0.6 is 11.3 Å². The normalized spacial score (nSPS) is 28.4. The molecule has 5 aliphatic rings. The summed E-state index contributed by atoms with van der Waals surface area (Å²) in [6.07, 6.45) is 13.9. The fourth-order valence-electron chi connectivity index (χ4n) is 8.77. The molecule has 3 saturated carbocycles. The van der Waals surface area contributed by atoms with E-state index in [9.17, 15) is 22.8 Å². The predicted octanol–water partition coefficient (Wildman–Crippen LogP) is 5.70. The molecule has 3 aromatic heterocycles. The number of allylic oxidation sites excluding steroid dienone is 1. The van der Waals surface area contributed by atoms with Gasteiger partial charge in [-0.3, -0.25) is 24.1 Å². The number of unbranched alkanes of at least 4 members (excludes halogenated alkanes) is 1. The number of sulfonamides is 1. The Labute approximate surface area is 348 Å². The van der Waals surface area contributed by atoms with Gasteiger partial charge in [-0.05, 0) is 94.2 Å². The summed E-state index contributed by atoms with van der Waals surface area (Å²) in [5, 5.41) is 7.13. The first-order chi connectivity index (χ1) is 28.6. The molecule has 3 aliphatic carbocycles. The first-order valence-electron chi connectivity index (χ1n) is 21.2. The van der Waals surface area contributed by atoms with Gasteiger partial charge in [-0.15, -0.1) is 11.3 Å². The van der Waals surface area contributed by atoms with Crippen molar-refractivity contribution in [3.05, 3.63) is 48.0 Å². The minimum Gasteiger partial charge on any atom is -0.471 e. The van der Waals surface area contributed by atoms with Gasteiger partial charge in [-0.2, -0.15) is 4.98 Å². The lowest BCUT2D eigenvalue weighted by Crippen LogP contribution is -2.59. The average Bonchev–Trinajstić information content (AvgIpc) is 4.02. The molecule has 5 heterocycles. The van der Waals surface area contributed by atoms with E-state index < -0.39 is 74.8 Å². The number of thiophene rings is 1. The lowest BCUT2D eigenvalue weighted by Gasteiger charge is -2.34. The fraction of sp³-hybridized carbons (Fsp3) is 0.595. The molecule has 0 radical (unpaired) electrons. The Bertz CT molecular complexity index is 2170. The van der Waals surface area contributed by atoms with Crippen LogP contribution in [0.1, 0.15) is 110 Å². The number of hydrogen-bond donors (Lipinski definition) is 3. The van der Waals surface area contributed by atoms with Crippen LogP contribution in [0.5, 0.6) is 5.88 Å². The molecule has 6 atom stereocenters. The van der Waals surface area contributed by atoms with E-state index in [1.54, 1.807) is 17.2 Å². The van der Waals surface area contributed by atoms with Gasteiger partial charge in [0.25, 0.3) is 5.91 Å². The molecular formula is C42H53N7O8S2. The Morgan fingerprint density at radius 1 is 1.03 bits per heavy atom. The van der Waals surface area contributed by atoms with E-state index in [4.69, 9.17) is 19.4 Å². The Hall–Kier alpha value is -4.64. The molecule has 17 heteroatoms. The quantitative estimate of drug-likeness (QED) is 0.200. The number of hydrogen-bond acceptors (Lipinski definition) is 12. The zero-order valence-electron chi connectivity index (χ0n) is 33.3. The molecule has 4 unspecified atom stereocenters. The van der Waals surface area contributed by atoms with Crippen LogP contribution in [-0.4, -0.2) is 93.2 Å². The highest BCUT2D eigenvalue weighted by molar-refractivity contribution is 7.91. The molecular weight excluding hydrogens is 795 g/mol. The van der Waals surface area contributed by atoms with Gasteiger partial charge in [0.2, 0.25) is 27.7 Å². The highest BCUT2D eigenvalue weighted by atomic mass is 32.2. The van der Waals surface area contributed by atoms with Crippen molar-refractivity contribution in [3.63, 3.8) is 0 Å². The minimum atomic E-state index is -3.91. The van der Waals surface area contributed by atoms with Crippen molar-refractivity contribution < 1.29 is 37.1 Å². The van der Waals surface area contributed by atoms with E-state index >= 15 is 4.79 Å². The third-order valence-electron chi connectivity index (χ3n) is 12.3. The Morgan fingerprint density at radius 2 is 1.85 bits per heavy atom. The smallest absolute Gasteiger partial charge is 0.408 e. The number of carbonyl (C=O) groups is 4. The van der Waals surface area contributed by atoms with Gasteiger partial charge in [-0.1, -0.05) is 50.8 Å². The van der Waals surface area contributed by atoms with Gasteiger partial charge in [0.1, 0.15) is 40.2 Å². The molecule has 15 nitrogen and oxygen atoms in total. The van der Waals surface area contributed by atoms with Crippen LogP contribution in [0.25, 0.3) is 21.7 Å². The van der Waals surface area contributed by atoms with Crippen molar-refractivity contribution in [2.24, 2.45) is 5.92 Å². The topological polar surface area (TPSA) is 199 Å². The zero-order chi connectivity index (χ0) is 41.1. The van der Waals surface area contributed by atoms with E-state index in [2.05, 4.69) is 20.3 Å². The third kappa shape index (κ3) is 9.10. The first kappa shape index (κ1) is 41.1. The monoisotopic (exact) mass is 847 g/mol. The SMILES string of the molecule is CCCC[C@H]1[C@H](Oc2nc(-c3ccccn3)nc3ccsc23)CC2C(=O)NC3(C(=O)NS(=O)(=O)C4CC4)CC3/C=C\CCCCCC(NC(=O)OC3CCCC3)C(=O)N21. The van der Waals surface area contributed by atoms with Crippen molar-refractivity contribution in [2.75, 3.05) is 0 Å². The zero-order valence-corrected chi connectivity index (χ0v) is 35.0. The molecule has 8 rings (SSSR count). The summed E-state index contributed by atoms with van der Waals surface area (Å²) >= 11 is 1.42. The molecule has 3 N–H and O–H groups in total. The van der Waals surface area contributed by atoms with Crippen LogP contribution in [0.4, 0.5) is 4.79 Å². The maximum Gasteiger partial charge on any atom is 0.408 e. The molecule has 316 valence electrons. The van der Waals surface area contributed by atoms with Gasteiger partial charge in [0.15, 0.2) is 5.82 Å². The second kappa shape index (κ2) is 17.5. The van der Waals surface area contributed by atoms with Crippen molar-refractivity contribution in [3.8, 4) is 17.4 Å². The van der Waals surface area contributed by atoms with Crippen LogP contribution in [0.2, 0.25) is 0 Å². The first-order valence-corrected chi connectivity index (χ1v) is 23.7. The summed E-state index contributed by atoms with van der Waals surface area (Å²) in [6, 6.07) is 4.60. The maximum atomic E-state index is 15.2. The van der Waals surface area contributed by atoms with Crippen molar-refractivity contribution >= 4 is 55.4 Å². The van der Waals surface area contributed by atoms with Gasteiger partial charge >= 0.3 is 6.09 Å². The van der Waals surface area contributed by atoms with Gasteiger partial charge in [-0.25, -0.2) is 18.2 Å². The van der Waals surface area contributed by atoms with Crippen LogP contribution in [0.3, 0.4) is 0 Å². The van der Waals surface area contributed by atoms with E-state index in [0.717, 1.165) is 44.9 Å². The van der Waals surface area contributed by atoms with Gasteiger partial charge < -0.3 is 25.0 Å². The van der Waals surface area contributed by atoms with E-state index in [0.29, 0.717) is 72.6 Å². The van der Waals surface area contributed by atoms with E-state index in [1.807, 2.05) is 42.7 Å².